The largest absolute Gasteiger partial charge is 0.480 e. The fourth-order valence-electron chi connectivity index (χ4n) is 4.19. The highest BCUT2D eigenvalue weighted by Crippen LogP contribution is 2.20. The summed E-state index contributed by atoms with van der Waals surface area (Å²) in [6.45, 7) is -0.977. The molecule has 2 aromatic carbocycles. The van der Waals surface area contributed by atoms with Crippen LogP contribution in [0.2, 0.25) is 0 Å². The van der Waals surface area contributed by atoms with Gasteiger partial charge in [-0.3, -0.25) is 19.2 Å². The Morgan fingerprint density at radius 2 is 1.32 bits per heavy atom. The highest BCUT2D eigenvalue weighted by atomic mass is 16.4. The van der Waals surface area contributed by atoms with E-state index in [4.69, 9.17) is 10.8 Å². The number of carboxylic acid groups (broad SMARTS) is 1. The van der Waals surface area contributed by atoms with Gasteiger partial charge in [0, 0.05) is 40.6 Å². The van der Waals surface area contributed by atoms with E-state index in [1.165, 1.54) is 0 Å². The van der Waals surface area contributed by atoms with Gasteiger partial charge in [-0.05, 0) is 29.7 Å². The lowest BCUT2D eigenvalue weighted by Gasteiger charge is -2.18. The molecule has 2 heterocycles. The Hall–Kier alpha value is -4.64. The van der Waals surface area contributed by atoms with Crippen LogP contribution in [0.15, 0.2) is 60.9 Å². The van der Waals surface area contributed by atoms with Crippen LogP contribution in [0.1, 0.15) is 11.1 Å². The zero-order chi connectivity index (χ0) is 26.4. The van der Waals surface area contributed by atoms with Crippen molar-refractivity contribution in [1.29, 1.82) is 0 Å². The molecule has 0 aliphatic heterocycles. The molecule has 0 spiro atoms. The van der Waals surface area contributed by atoms with Crippen LogP contribution in [0.5, 0.6) is 0 Å². The van der Waals surface area contributed by atoms with Gasteiger partial charge in [-0.15, -0.1) is 0 Å². The van der Waals surface area contributed by atoms with E-state index in [-0.39, 0.29) is 12.8 Å². The summed E-state index contributed by atoms with van der Waals surface area (Å²) in [5, 5.41) is 18.1. The van der Waals surface area contributed by atoms with Gasteiger partial charge in [0.2, 0.25) is 17.7 Å². The van der Waals surface area contributed by atoms with Gasteiger partial charge in [0.05, 0.1) is 12.6 Å². The Kier molecular flexibility index (Phi) is 7.84. The number of carbonyl (C=O) groups is 4. The number of fused-ring (bicyclic) bond motifs is 2. The summed E-state index contributed by atoms with van der Waals surface area (Å²) in [5.41, 5.74) is 9.53. The molecule has 2 aromatic heterocycles. The molecule has 11 nitrogen and oxygen atoms in total. The second-order valence-electron chi connectivity index (χ2n) is 8.68. The number of hydrogen-bond acceptors (Lipinski definition) is 5. The van der Waals surface area contributed by atoms with Crippen molar-refractivity contribution in [3.05, 3.63) is 72.1 Å². The Labute approximate surface area is 211 Å². The van der Waals surface area contributed by atoms with Gasteiger partial charge in [0.15, 0.2) is 0 Å². The van der Waals surface area contributed by atoms with Crippen molar-refractivity contribution in [2.75, 3.05) is 13.1 Å². The van der Waals surface area contributed by atoms with Gasteiger partial charge in [-0.25, -0.2) is 0 Å². The summed E-state index contributed by atoms with van der Waals surface area (Å²) < 4.78 is 0. The van der Waals surface area contributed by atoms with E-state index in [1.807, 2.05) is 48.5 Å². The number of carboxylic acids is 1. The van der Waals surface area contributed by atoms with Crippen LogP contribution in [0, 0.1) is 0 Å². The fraction of sp³-hybridized carbons (Fsp3) is 0.231. The number of aromatic nitrogens is 2. The number of rotatable bonds is 11. The summed E-state index contributed by atoms with van der Waals surface area (Å²) in [4.78, 5) is 55.0. The highest BCUT2D eigenvalue weighted by molar-refractivity contribution is 5.93. The van der Waals surface area contributed by atoms with E-state index in [0.29, 0.717) is 0 Å². The molecular weight excluding hydrogens is 476 g/mol. The number of para-hydroxylation sites is 2. The van der Waals surface area contributed by atoms with E-state index >= 15 is 0 Å². The van der Waals surface area contributed by atoms with Gasteiger partial charge >= 0.3 is 5.97 Å². The minimum absolute atomic E-state index is 0.120. The lowest BCUT2D eigenvalue weighted by Crippen LogP contribution is -2.52. The SMILES string of the molecule is NC(Cc1c[nH]c2ccccc12)C(=O)NCC(=O)NC(Cc1c[nH]c2ccccc12)C(=O)NCC(=O)O. The average molecular weight is 505 g/mol. The molecule has 192 valence electrons. The molecule has 2 unspecified atom stereocenters. The summed E-state index contributed by atoms with van der Waals surface area (Å²) in [6.07, 6.45) is 3.93. The monoisotopic (exact) mass is 504 g/mol. The van der Waals surface area contributed by atoms with E-state index in [2.05, 4.69) is 25.9 Å². The van der Waals surface area contributed by atoms with Gasteiger partial charge in [0.1, 0.15) is 12.6 Å². The third-order valence-electron chi connectivity index (χ3n) is 6.04. The minimum Gasteiger partial charge on any atom is -0.480 e. The van der Waals surface area contributed by atoms with Crippen LogP contribution in [0.4, 0.5) is 0 Å². The Bertz CT molecular complexity index is 1440. The number of aliphatic carboxylic acids is 1. The minimum atomic E-state index is -1.21. The maximum Gasteiger partial charge on any atom is 0.322 e. The molecule has 0 fully saturated rings. The van der Waals surface area contributed by atoms with Crippen molar-refractivity contribution in [3.8, 4) is 0 Å². The zero-order valence-electron chi connectivity index (χ0n) is 19.9. The predicted octanol–water partition coefficient (Wildman–Crippen LogP) is 0.564. The first-order valence-electron chi connectivity index (χ1n) is 11.7. The van der Waals surface area contributed by atoms with Crippen molar-refractivity contribution in [3.63, 3.8) is 0 Å². The van der Waals surface area contributed by atoms with Crippen LogP contribution < -0.4 is 21.7 Å². The number of nitrogens with one attached hydrogen (secondary N) is 5. The summed E-state index contributed by atoms with van der Waals surface area (Å²) in [5.74, 6) is -2.97. The number of aromatic amines is 2. The quantitative estimate of drug-likeness (QED) is 0.157. The number of hydrogen-bond donors (Lipinski definition) is 7. The Morgan fingerprint density at radius 3 is 1.92 bits per heavy atom. The number of benzene rings is 2. The van der Waals surface area contributed by atoms with Crippen LogP contribution in [-0.2, 0) is 32.0 Å². The van der Waals surface area contributed by atoms with Crippen molar-refractivity contribution in [2.24, 2.45) is 5.73 Å². The molecule has 2 atom stereocenters. The highest BCUT2D eigenvalue weighted by Gasteiger charge is 2.24. The number of nitrogens with two attached hydrogens (primary N) is 1. The molecule has 11 heteroatoms. The molecule has 4 aromatic rings. The van der Waals surface area contributed by atoms with Gasteiger partial charge in [-0.1, -0.05) is 36.4 Å². The van der Waals surface area contributed by atoms with Crippen LogP contribution in [0.3, 0.4) is 0 Å². The summed E-state index contributed by atoms with van der Waals surface area (Å²) in [6, 6.07) is 13.2. The lowest BCUT2D eigenvalue weighted by atomic mass is 10.0. The molecule has 0 aliphatic rings. The van der Waals surface area contributed by atoms with Crippen LogP contribution >= 0.6 is 0 Å². The lowest BCUT2D eigenvalue weighted by molar-refractivity contribution is -0.138. The van der Waals surface area contributed by atoms with E-state index in [1.54, 1.807) is 12.4 Å². The number of amides is 3. The maximum absolute atomic E-state index is 12.7. The molecule has 0 radical (unpaired) electrons. The third-order valence-corrected chi connectivity index (χ3v) is 6.04. The second-order valence-corrected chi connectivity index (χ2v) is 8.68. The standard InChI is InChI=1S/C26H28N6O5/c27-19(9-15-11-28-20-7-3-1-5-17(15)20)25(36)30-13-23(33)32-22(26(37)31-14-24(34)35)10-16-12-29-21-8-4-2-6-18(16)21/h1-8,11-12,19,22,28-29H,9-10,13-14,27H2,(H,30,36)(H,31,37)(H,32,33)(H,34,35). The van der Waals surface area contributed by atoms with E-state index in [9.17, 15) is 19.2 Å². The van der Waals surface area contributed by atoms with Crippen LogP contribution in [-0.4, -0.2) is 63.9 Å². The van der Waals surface area contributed by atoms with Gasteiger partial charge < -0.3 is 36.8 Å². The molecule has 4 rings (SSSR count). The van der Waals surface area contributed by atoms with Gasteiger partial charge in [0.25, 0.3) is 0 Å². The van der Waals surface area contributed by atoms with Crippen molar-refractivity contribution in [1.82, 2.24) is 25.9 Å². The third kappa shape index (κ3) is 6.33. The second kappa shape index (κ2) is 11.4. The van der Waals surface area contributed by atoms with Crippen molar-refractivity contribution in [2.45, 2.75) is 24.9 Å². The smallest absolute Gasteiger partial charge is 0.322 e. The first kappa shape index (κ1) is 25.5. The molecule has 8 N–H and O–H groups in total. The van der Waals surface area contributed by atoms with Crippen molar-refractivity contribution >= 4 is 45.5 Å². The molecule has 3 amide bonds. The Balaban J connectivity index is 1.36. The number of carbonyl (C=O) groups excluding carboxylic acids is 3. The summed E-state index contributed by atoms with van der Waals surface area (Å²) >= 11 is 0. The predicted molar refractivity (Wildman–Crippen MR) is 138 cm³/mol. The average Bonchev–Trinajstić information content (AvgIpc) is 3.49. The zero-order valence-corrected chi connectivity index (χ0v) is 19.9. The van der Waals surface area contributed by atoms with E-state index in [0.717, 1.165) is 32.9 Å². The molecule has 0 saturated carbocycles. The first-order valence-corrected chi connectivity index (χ1v) is 11.7. The van der Waals surface area contributed by atoms with Crippen LogP contribution in [0.25, 0.3) is 21.8 Å². The molecule has 37 heavy (non-hydrogen) atoms. The van der Waals surface area contributed by atoms with E-state index < -0.39 is 48.9 Å². The van der Waals surface area contributed by atoms with Gasteiger partial charge in [-0.2, -0.15) is 0 Å². The Morgan fingerprint density at radius 1 is 0.784 bits per heavy atom. The molecule has 0 bridgehead atoms. The molecule has 0 saturated heterocycles. The van der Waals surface area contributed by atoms with Crippen molar-refractivity contribution < 1.29 is 24.3 Å². The summed E-state index contributed by atoms with van der Waals surface area (Å²) in [7, 11) is 0. The molecule has 0 aliphatic carbocycles. The maximum atomic E-state index is 12.7. The molecular formula is C26H28N6O5. The number of H-pyrrole nitrogens is 2. The first-order chi connectivity index (χ1) is 17.8. The fourth-order valence-corrected chi connectivity index (χ4v) is 4.19. The normalized spacial score (nSPS) is 12.7. The topological polar surface area (TPSA) is 182 Å².